The second-order valence-corrected chi connectivity index (χ2v) is 5.48. The van der Waals surface area contributed by atoms with Gasteiger partial charge < -0.3 is 10.4 Å². The van der Waals surface area contributed by atoms with Gasteiger partial charge in [-0.2, -0.15) is 0 Å². The third-order valence-electron chi connectivity index (χ3n) is 4.37. The summed E-state index contributed by atoms with van der Waals surface area (Å²) in [5.41, 5.74) is 5.54. The molecule has 2 nitrogen and oxygen atoms in total. The largest absolute Gasteiger partial charge is 0.508 e. The first kappa shape index (κ1) is 11.1. The van der Waals surface area contributed by atoms with Gasteiger partial charge in [0.25, 0.3) is 0 Å². The van der Waals surface area contributed by atoms with Gasteiger partial charge in [0.1, 0.15) is 5.75 Å². The van der Waals surface area contributed by atoms with E-state index in [0.29, 0.717) is 11.7 Å². The van der Waals surface area contributed by atoms with Crippen LogP contribution < -0.4 is 5.32 Å². The number of rotatable bonds is 1. The number of nitrogens with one attached hydrogen (secondary N) is 1. The van der Waals surface area contributed by atoms with Crippen molar-refractivity contribution >= 4 is 0 Å². The van der Waals surface area contributed by atoms with Gasteiger partial charge >= 0.3 is 0 Å². The van der Waals surface area contributed by atoms with Crippen molar-refractivity contribution in [2.24, 2.45) is 0 Å². The molecule has 2 N–H and O–H groups in total. The highest BCUT2D eigenvalue weighted by molar-refractivity contribution is 5.51. The summed E-state index contributed by atoms with van der Waals surface area (Å²) < 4.78 is 0. The van der Waals surface area contributed by atoms with E-state index in [-0.39, 0.29) is 0 Å². The van der Waals surface area contributed by atoms with E-state index in [1.807, 2.05) is 6.07 Å². The molecule has 2 heteroatoms. The summed E-state index contributed by atoms with van der Waals surface area (Å²) >= 11 is 0. The molecule has 1 saturated heterocycles. The molecule has 92 valence electrons. The number of phenolic OH excluding ortho intramolecular Hbond substituents is 1. The highest BCUT2D eigenvalue weighted by Crippen LogP contribution is 2.39. The predicted molar refractivity (Wildman–Crippen MR) is 69.7 cm³/mol. The minimum absolute atomic E-state index is 0.530. The zero-order valence-corrected chi connectivity index (χ0v) is 10.6. The number of hydrogen-bond acceptors (Lipinski definition) is 2. The van der Waals surface area contributed by atoms with Crippen LogP contribution in [0.5, 0.6) is 5.75 Å². The van der Waals surface area contributed by atoms with Gasteiger partial charge in [-0.3, -0.25) is 0 Å². The maximum atomic E-state index is 10.3. The van der Waals surface area contributed by atoms with Gasteiger partial charge in [0.15, 0.2) is 0 Å². The van der Waals surface area contributed by atoms with E-state index in [1.54, 1.807) is 0 Å². The Labute approximate surface area is 103 Å². The van der Waals surface area contributed by atoms with Crippen molar-refractivity contribution in [2.75, 3.05) is 13.1 Å². The van der Waals surface area contributed by atoms with Gasteiger partial charge in [0, 0.05) is 18.0 Å². The molecule has 0 spiro atoms. The fourth-order valence-corrected chi connectivity index (χ4v) is 3.52. The predicted octanol–water partition coefficient (Wildman–Crippen LogP) is 2.66. The maximum Gasteiger partial charge on any atom is 0.119 e. The van der Waals surface area contributed by atoms with Gasteiger partial charge in [0.2, 0.25) is 0 Å². The molecule has 1 unspecified atom stereocenters. The summed E-state index contributed by atoms with van der Waals surface area (Å²) in [4.78, 5) is 0. The molecular weight excluding hydrogens is 210 g/mol. The van der Waals surface area contributed by atoms with Crippen LogP contribution in [0.3, 0.4) is 0 Å². The van der Waals surface area contributed by atoms with E-state index in [1.165, 1.54) is 47.9 Å². The third-order valence-corrected chi connectivity index (χ3v) is 4.37. The summed E-state index contributed by atoms with van der Waals surface area (Å²) in [7, 11) is 0. The van der Waals surface area contributed by atoms with Crippen molar-refractivity contribution in [3.8, 4) is 5.75 Å². The Morgan fingerprint density at radius 2 is 2.00 bits per heavy atom. The molecule has 17 heavy (non-hydrogen) atoms. The molecule has 3 rings (SSSR count). The quantitative estimate of drug-likeness (QED) is 0.779. The third kappa shape index (κ3) is 1.85. The van der Waals surface area contributed by atoms with Crippen molar-refractivity contribution in [3.63, 3.8) is 0 Å². The lowest BCUT2D eigenvalue weighted by Gasteiger charge is -2.25. The number of phenols is 1. The fraction of sp³-hybridized carbons (Fsp3) is 0.600. The first-order valence-electron chi connectivity index (χ1n) is 6.82. The number of hydrogen-bond donors (Lipinski definition) is 2. The van der Waals surface area contributed by atoms with E-state index in [0.717, 1.165) is 19.5 Å². The Morgan fingerprint density at radius 1 is 1.24 bits per heavy atom. The molecule has 1 fully saturated rings. The van der Waals surface area contributed by atoms with Crippen molar-refractivity contribution in [2.45, 2.75) is 44.9 Å². The molecule has 1 aromatic rings. The Balaban J connectivity index is 2.12. The average molecular weight is 231 g/mol. The molecule has 2 aliphatic rings. The normalized spacial score (nSPS) is 23.7. The standard InChI is InChI=1S/C15H21NO/c1-10-8-14(17)15(11-6-7-16-9-11)13-5-3-2-4-12(10)13/h8,11,16-17H,2-7,9H2,1H3. The first-order valence-corrected chi connectivity index (χ1v) is 6.82. The van der Waals surface area contributed by atoms with E-state index >= 15 is 0 Å². The van der Waals surface area contributed by atoms with Crippen LogP contribution in [0.15, 0.2) is 6.07 Å². The second kappa shape index (κ2) is 4.34. The second-order valence-electron chi connectivity index (χ2n) is 5.48. The molecule has 0 amide bonds. The smallest absolute Gasteiger partial charge is 0.119 e. The SMILES string of the molecule is Cc1cc(O)c(C2CCNC2)c2c1CCCC2. The van der Waals surface area contributed by atoms with Crippen molar-refractivity contribution in [1.29, 1.82) is 0 Å². The monoisotopic (exact) mass is 231 g/mol. The summed E-state index contributed by atoms with van der Waals surface area (Å²) in [6.45, 7) is 4.26. The van der Waals surface area contributed by atoms with Gasteiger partial charge in [0.05, 0.1) is 0 Å². The summed E-state index contributed by atoms with van der Waals surface area (Å²) in [5.74, 6) is 1.07. The minimum atomic E-state index is 0.530. The lowest BCUT2D eigenvalue weighted by atomic mass is 9.81. The Kier molecular flexibility index (Phi) is 2.83. The van der Waals surface area contributed by atoms with Gasteiger partial charge in [-0.05, 0) is 68.3 Å². The lowest BCUT2D eigenvalue weighted by Crippen LogP contribution is -2.14. The van der Waals surface area contributed by atoms with Crippen LogP contribution in [-0.2, 0) is 12.8 Å². The lowest BCUT2D eigenvalue weighted by molar-refractivity contribution is 0.458. The van der Waals surface area contributed by atoms with Crippen LogP contribution in [0.1, 0.15) is 47.4 Å². The number of benzene rings is 1. The number of aryl methyl sites for hydroxylation is 1. The van der Waals surface area contributed by atoms with E-state index in [4.69, 9.17) is 0 Å². The Bertz CT molecular complexity index is 433. The summed E-state index contributed by atoms with van der Waals surface area (Å²) in [6.07, 6.45) is 6.12. The van der Waals surface area contributed by atoms with Gasteiger partial charge in [-0.1, -0.05) is 0 Å². The minimum Gasteiger partial charge on any atom is -0.508 e. The fourth-order valence-electron chi connectivity index (χ4n) is 3.52. The molecule has 0 aromatic heterocycles. The highest BCUT2D eigenvalue weighted by atomic mass is 16.3. The van der Waals surface area contributed by atoms with Crippen molar-refractivity contribution in [1.82, 2.24) is 5.32 Å². The molecule has 1 heterocycles. The summed E-state index contributed by atoms with van der Waals surface area (Å²) in [5, 5.41) is 13.7. The number of fused-ring (bicyclic) bond motifs is 1. The first-order chi connectivity index (χ1) is 8.27. The molecule has 0 radical (unpaired) electrons. The highest BCUT2D eigenvalue weighted by Gasteiger charge is 2.26. The van der Waals surface area contributed by atoms with E-state index in [9.17, 15) is 5.11 Å². The van der Waals surface area contributed by atoms with Crippen molar-refractivity contribution < 1.29 is 5.11 Å². The summed E-state index contributed by atoms with van der Waals surface area (Å²) in [6, 6.07) is 1.98. The van der Waals surface area contributed by atoms with Crippen LogP contribution in [0.4, 0.5) is 0 Å². The van der Waals surface area contributed by atoms with Gasteiger partial charge in [-0.25, -0.2) is 0 Å². The van der Waals surface area contributed by atoms with E-state index < -0.39 is 0 Å². The molecule has 1 aliphatic heterocycles. The van der Waals surface area contributed by atoms with Crippen LogP contribution in [0.2, 0.25) is 0 Å². The van der Waals surface area contributed by atoms with Crippen LogP contribution >= 0.6 is 0 Å². The van der Waals surface area contributed by atoms with Crippen LogP contribution in [-0.4, -0.2) is 18.2 Å². The zero-order valence-electron chi connectivity index (χ0n) is 10.6. The molecule has 0 bridgehead atoms. The van der Waals surface area contributed by atoms with Crippen LogP contribution in [0, 0.1) is 6.92 Å². The number of aromatic hydroxyl groups is 1. The molecule has 1 aromatic carbocycles. The van der Waals surface area contributed by atoms with Gasteiger partial charge in [-0.15, -0.1) is 0 Å². The average Bonchev–Trinajstić information content (AvgIpc) is 2.83. The Hall–Kier alpha value is -1.02. The van der Waals surface area contributed by atoms with Crippen LogP contribution in [0.25, 0.3) is 0 Å². The van der Waals surface area contributed by atoms with E-state index in [2.05, 4.69) is 12.2 Å². The molecule has 1 aliphatic carbocycles. The Morgan fingerprint density at radius 3 is 2.71 bits per heavy atom. The zero-order chi connectivity index (χ0) is 11.8. The molecule has 1 atom stereocenters. The maximum absolute atomic E-state index is 10.3. The van der Waals surface area contributed by atoms with Crippen molar-refractivity contribution in [3.05, 3.63) is 28.3 Å². The molecular formula is C15H21NO. The topological polar surface area (TPSA) is 32.3 Å². The molecule has 0 saturated carbocycles.